The van der Waals surface area contributed by atoms with E-state index in [1.54, 1.807) is 0 Å². The first-order valence-electron chi connectivity index (χ1n) is 7.67. The van der Waals surface area contributed by atoms with Crippen molar-refractivity contribution in [1.29, 1.82) is 0 Å². The number of fused-ring (bicyclic) bond motifs is 1. The van der Waals surface area contributed by atoms with E-state index in [1.165, 1.54) is 5.56 Å². The molecule has 118 valence electrons. The summed E-state index contributed by atoms with van der Waals surface area (Å²) in [6.07, 6.45) is 0. The van der Waals surface area contributed by atoms with Crippen LogP contribution >= 0.6 is 12.2 Å². The van der Waals surface area contributed by atoms with Gasteiger partial charge in [0.05, 0.1) is 11.0 Å². The lowest BCUT2D eigenvalue weighted by Gasteiger charge is -2.12. The van der Waals surface area contributed by atoms with Crippen molar-refractivity contribution in [2.75, 3.05) is 11.9 Å². The van der Waals surface area contributed by atoms with E-state index in [2.05, 4.69) is 45.3 Å². The minimum Gasteiger partial charge on any atom is -0.361 e. The van der Waals surface area contributed by atoms with Crippen molar-refractivity contribution in [3.63, 3.8) is 0 Å². The normalized spacial score (nSPS) is 10.7. The zero-order chi connectivity index (χ0) is 16.2. The van der Waals surface area contributed by atoms with Gasteiger partial charge >= 0.3 is 0 Å². The molecule has 0 amide bonds. The summed E-state index contributed by atoms with van der Waals surface area (Å²) < 4.78 is 2.21. The maximum absolute atomic E-state index is 5.35. The number of hydrogen-bond donors (Lipinski definition) is 2. The Morgan fingerprint density at radius 3 is 2.61 bits per heavy atom. The van der Waals surface area contributed by atoms with Gasteiger partial charge in [0.15, 0.2) is 5.11 Å². The standard InChI is InChI=1S/C18H20N4S/c1-13-7-9-15(10-8-13)21-18(23)19-11-12-22-14(2)20-16-5-3-4-6-17(16)22/h3-10H,11-12H2,1-2H3,(H2,19,21,23). The Kier molecular flexibility index (Phi) is 4.57. The molecule has 1 aromatic heterocycles. The van der Waals surface area contributed by atoms with Crippen molar-refractivity contribution >= 4 is 34.1 Å². The summed E-state index contributed by atoms with van der Waals surface area (Å²) in [5.41, 5.74) is 4.42. The fourth-order valence-corrected chi connectivity index (χ4v) is 2.79. The highest BCUT2D eigenvalue weighted by Crippen LogP contribution is 2.14. The predicted octanol–water partition coefficient (Wildman–Crippen LogP) is 3.64. The highest BCUT2D eigenvalue weighted by atomic mass is 32.1. The average molecular weight is 324 g/mol. The first-order chi connectivity index (χ1) is 11.1. The quantitative estimate of drug-likeness (QED) is 0.719. The number of anilines is 1. The van der Waals surface area contributed by atoms with Crippen LogP contribution in [-0.2, 0) is 6.54 Å². The second-order valence-corrected chi connectivity index (χ2v) is 5.95. The SMILES string of the molecule is Cc1ccc(NC(=S)NCCn2c(C)nc3ccccc32)cc1. The monoisotopic (exact) mass is 324 g/mol. The molecule has 2 aromatic carbocycles. The number of hydrogen-bond acceptors (Lipinski definition) is 2. The summed E-state index contributed by atoms with van der Waals surface area (Å²) in [5.74, 6) is 1.02. The molecule has 5 heteroatoms. The molecular weight excluding hydrogens is 304 g/mol. The number of nitrogens with one attached hydrogen (secondary N) is 2. The van der Waals surface area contributed by atoms with Gasteiger partial charge in [-0.2, -0.15) is 0 Å². The second kappa shape index (κ2) is 6.79. The third-order valence-electron chi connectivity index (χ3n) is 3.78. The number of nitrogens with zero attached hydrogens (tertiary/aromatic N) is 2. The zero-order valence-electron chi connectivity index (χ0n) is 13.3. The van der Waals surface area contributed by atoms with Crippen LogP contribution in [0.5, 0.6) is 0 Å². The first kappa shape index (κ1) is 15.5. The smallest absolute Gasteiger partial charge is 0.170 e. The van der Waals surface area contributed by atoms with Gasteiger partial charge in [-0.05, 0) is 50.3 Å². The van der Waals surface area contributed by atoms with Crippen LogP contribution in [0.1, 0.15) is 11.4 Å². The molecule has 0 saturated heterocycles. The highest BCUT2D eigenvalue weighted by Gasteiger charge is 2.06. The summed E-state index contributed by atoms with van der Waals surface area (Å²) in [6, 6.07) is 16.4. The number of benzene rings is 2. The predicted molar refractivity (Wildman–Crippen MR) is 99.9 cm³/mol. The minimum absolute atomic E-state index is 0.635. The summed E-state index contributed by atoms with van der Waals surface area (Å²) in [6.45, 7) is 5.67. The highest BCUT2D eigenvalue weighted by molar-refractivity contribution is 7.80. The lowest BCUT2D eigenvalue weighted by Crippen LogP contribution is -2.31. The second-order valence-electron chi connectivity index (χ2n) is 5.55. The lowest BCUT2D eigenvalue weighted by molar-refractivity contribution is 0.673. The van der Waals surface area contributed by atoms with Gasteiger partial charge in [-0.1, -0.05) is 29.8 Å². The fourth-order valence-electron chi connectivity index (χ4n) is 2.57. The van der Waals surface area contributed by atoms with E-state index < -0.39 is 0 Å². The molecule has 0 bridgehead atoms. The molecule has 0 spiro atoms. The number of aromatic nitrogens is 2. The zero-order valence-corrected chi connectivity index (χ0v) is 14.2. The fraction of sp³-hybridized carbons (Fsp3) is 0.222. The lowest BCUT2D eigenvalue weighted by atomic mass is 10.2. The topological polar surface area (TPSA) is 41.9 Å². The minimum atomic E-state index is 0.635. The van der Waals surface area contributed by atoms with Crippen molar-refractivity contribution < 1.29 is 0 Å². The maximum Gasteiger partial charge on any atom is 0.170 e. The molecular formula is C18H20N4S. The van der Waals surface area contributed by atoms with Gasteiger partial charge in [0.1, 0.15) is 5.82 Å². The molecule has 3 rings (SSSR count). The molecule has 0 unspecified atom stereocenters. The van der Waals surface area contributed by atoms with Gasteiger partial charge in [0.25, 0.3) is 0 Å². The van der Waals surface area contributed by atoms with E-state index in [4.69, 9.17) is 12.2 Å². The molecule has 2 N–H and O–H groups in total. The van der Waals surface area contributed by atoms with Crippen LogP contribution in [0.3, 0.4) is 0 Å². The third kappa shape index (κ3) is 3.68. The number of thiocarbonyl (C=S) groups is 1. The van der Waals surface area contributed by atoms with Crippen LogP contribution in [0.25, 0.3) is 11.0 Å². The van der Waals surface area contributed by atoms with Crippen molar-refractivity contribution in [2.45, 2.75) is 20.4 Å². The number of imidazole rings is 1. The van der Waals surface area contributed by atoms with E-state index in [1.807, 2.05) is 37.3 Å². The Hall–Kier alpha value is -2.40. The van der Waals surface area contributed by atoms with Crippen molar-refractivity contribution in [1.82, 2.24) is 14.9 Å². The third-order valence-corrected chi connectivity index (χ3v) is 4.02. The van der Waals surface area contributed by atoms with Crippen molar-refractivity contribution in [3.05, 3.63) is 59.9 Å². The molecule has 0 aliphatic rings. The number of aryl methyl sites for hydroxylation is 2. The summed E-state index contributed by atoms with van der Waals surface area (Å²) >= 11 is 5.35. The van der Waals surface area contributed by atoms with Crippen molar-refractivity contribution in [3.8, 4) is 0 Å². The molecule has 0 atom stereocenters. The van der Waals surface area contributed by atoms with Crippen LogP contribution in [0.2, 0.25) is 0 Å². The van der Waals surface area contributed by atoms with E-state index in [0.717, 1.165) is 35.6 Å². The Morgan fingerprint density at radius 1 is 1.09 bits per heavy atom. The largest absolute Gasteiger partial charge is 0.361 e. The van der Waals surface area contributed by atoms with Crippen LogP contribution < -0.4 is 10.6 Å². The first-order valence-corrected chi connectivity index (χ1v) is 8.08. The number of para-hydroxylation sites is 2. The summed E-state index contributed by atoms with van der Waals surface area (Å²) in [4.78, 5) is 4.57. The maximum atomic E-state index is 5.35. The molecule has 1 heterocycles. The van der Waals surface area contributed by atoms with Crippen molar-refractivity contribution in [2.24, 2.45) is 0 Å². The molecule has 4 nitrogen and oxygen atoms in total. The van der Waals surface area contributed by atoms with Crippen LogP contribution in [-0.4, -0.2) is 21.2 Å². The molecule has 0 aliphatic heterocycles. The summed E-state index contributed by atoms with van der Waals surface area (Å²) in [7, 11) is 0. The van der Waals surface area contributed by atoms with Crippen LogP contribution in [0.4, 0.5) is 5.69 Å². The van der Waals surface area contributed by atoms with Gasteiger partial charge in [0, 0.05) is 18.8 Å². The van der Waals surface area contributed by atoms with Gasteiger partial charge in [0.2, 0.25) is 0 Å². The summed E-state index contributed by atoms with van der Waals surface area (Å²) in [5, 5.41) is 7.08. The van der Waals surface area contributed by atoms with E-state index in [-0.39, 0.29) is 0 Å². The molecule has 0 radical (unpaired) electrons. The van der Waals surface area contributed by atoms with E-state index in [9.17, 15) is 0 Å². The van der Waals surface area contributed by atoms with Crippen LogP contribution in [0, 0.1) is 13.8 Å². The molecule has 3 aromatic rings. The Labute approximate surface area is 141 Å². The molecule has 0 aliphatic carbocycles. The van der Waals surface area contributed by atoms with E-state index in [0.29, 0.717) is 5.11 Å². The molecule has 0 saturated carbocycles. The Morgan fingerprint density at radius 2 is 1.83 bits per heavy atom. The molecule has 23 heavy (non-hydrogen) atoms. The van der Waals surface area contributed by atoms with Gasteiger partial charge in [-0.25, -0.2) is 4.98 Å². The van der Waals surface area contributed by atoms with E-state index >= 15 is 0 Å². The average Bonchev–Trinajstić information content (AvgIpc) is 2.86. The van der Waals surface area contributed by atoms with Gasteiger partial charge in [-0.15, -0.1) is 0 Å². The van der Waals surface area contributed by atoms with Gasteiger partial charge in [-0.3, -0.25) is 0 Å². The Bertz CT molecular complexity index is 821. The molecule has 0 fully saturated rings. The van der Waals surface area contributed by atoms with Crippen LogP contribution in [0.15, 0.2) is 48.5 Å². The van der Waals surface area contributed by atoms with Gasteiger partial charge < -0.3 is 15.2 Å². The number of rotatable bonds is 4. The Balaban J connectivity index is 1.57.